The third kappa shape index (κ3) is 3.76. The second-order valence-electron chi connectivity index (χ2n) is 6.64. The minimum atomic E-state index is -0.418. The van der Waals surface area contributed by atoms with Crippen LogP contribution in [0.1, 0.15) is 24.0 Å². The number of imide groups is 1. The minimum Gasteiger partial charge on any atom is -0.372 e. The van der Waals surface area contributed by atoms with E-state index in [-0.39, 0.29) is 17.7 Å². The monoisotopic (exact) mass is 382 g/mol. The molecule has 0 radical (unpaired) electrons. The highest BCUT2D eigenvalue weighted by Gasteiger charge is 2.35. The van der Waals surface area contributed by atoms with Gasteiger partial charge in [0.1, 0.15) is 5.82 Å². The molecule has 138 valence electrons. The number of nitrogens with zero attached hydrogens (tertiary/aromatic N) is 2. The van der Waals surface area contributed by atoms with Gasteiger partial charge in [0.15, 0.2) is 0 Å². The summed E-state index contributed by atoms with van der Waals surface area (Å²) in [7, 11) is 0. The lowest BCUT2D eigenvalue weighted by molar-refractivity contribution is -0.123. The maximum absolute atomic E-state index is 13.8. The van der Waals surface area contributed by atoms with Crippen LogP contribution in [0.5, 0.6) is 0 Å². The highest BCUT2D eigenvalue weighted by Crippen LogP contribution is 2.34. The van der Waals surface area contributed by atoms with Crippen molar-refractivity contribution in [1.82, 2.24) is 4.90 Å². The number of hydrogen-bond donors (Lipinski definition) is 0. The van der Waals surface area contributed by atoms with Crippen LogP contribution in [-0.2, 0) is 11.3 Å². The Kier molecular flexibility index (Phi) is 4.99. The third-order valence-electron chi connectivity index (χ3n) is 4.82. The molecular formula is C21H19FN2O2S. The molecule has 0 aliphatic carbocycles. The van der Waals surface area contributed by atoms with E-state index in [1.54, 1.807) is 24.3 Å². The molecule has 2 fully saturated rings. The molecule has 0 saturated carbocycles. The first-order valence-corrected chi connectivity index (χ1v) is 9.77. The molecule has 0 spiro atoms. The number of amides is 2. The van der Waals surface area contributed by atoms with Crippen LogP contribution in [0, 0.1) is 5.82 Å². The quantitative estimate of drug-likeness (QED) is 0.721. The van der Waals surface area contributed by atoms with Crippen LogP contribution in [0.4, 0.5) is 14.9 Å². The molecule has 27 heavy (non-hydrogen) atoms. The molecule has 2 aliphatic heterocycles. The predicted molar refractivity (Wildman–Crippen MR) is 106 cm³/mol. The van der Waals surface area contributed by atoms with Crippen LogP contribution in [0.3, 0.4) is 0 Å². The zero-order valence-electron chi connectivity index (χ0n) is 14.7. The summed E-state index contributed by atoms with van der Waals surface area (Å²) in [6.07, 6.45) is 4.16. The fourth-order valence-corrected chi connectivity index (χ4v) is 4.18. The molecule has 2 aromatic carbocycles. The predicted octanol–water partition coefficient (Wildman–Crippen LogP) is 4.66. The number of benzene rings is 2. The van der Waals surface area contributed by atoms with Crippen molar-refractivity contribution < 1.29 is 14.0 Å². The van der Waals surface area contributed by atoms with Gasteiger partial charge in [0.25, 0.3) is 11.1 Å². The number of anilines is 1. The van der Waals surface area contributed by atoms with E-state index in [1.807, 2.05) is 24.3 Å². The summed E-state index contributed by atoms with van der Waals surface area (Å²) in [5, 5.41) is -0.372. The van der Waals surface area contributed by atoms with E-state index in [4.69, 9.17) is 0 Å². The molecule has 0 aromatic heterocycles. The zero-order valence-corrected chi connectivity index (χ0v) is 15.5. The smallest absolute Gasteiger partial charge is 0.293 e. The molecular weight excluding hydrogens is 363 g/mol. The summed E-state index contributed by atoms with van der Waals surface area (Å²) in [5.41, 5.74) is 2.38. The Labute approximate surface area is 161 Å². The van der Waals surface area contributed by atoms with Crippen LogP contribution in [0.2, 0.25) is 0 Å². The second kappa shape index (κ2) is 7.56. The van der Waals surface area contributed by atoms with Gasteiger partial charge in [-0.25, -0.2) is 4.39 Å². The van der Waals surface area contributed by atoms with E-state index in [2.05, 4.69) is 4.90 Å². The lowest BCUT2D eigenvalue weighted by atomic mass is 10.1. The number of hydrogen-bond acceptors (Lipinski definition) is 4. The van der Waals surface area contributed by atoms with Gasteiger partial charge in [-0.3, -0.25) is 14.5 Å². The summed E-state index contributed by atoms with van der Waals surface area (Å²) < 4.78 is 13.8. The van der Waals surface area contributed by atoms with E-state index in [9.17, 15) is 14.0 Å². The molecule has 4 nitrogen and oxygen atoms in total. The molecule has 4 rings (SSSR count). The van der Waals surface area contributed by atoms with Crippen LogP contribution in [-0.4, -0.2) is 29.1 Å². The van der Waals surface area contributed by atoms with Gasteiger partial charge in [0, 0.05) is 24.3 Å². The summed E-state index contributed by atoms with van der Waals surface area (Å²) in [5.74, 6) is -0.796. The van der Waals surface area contributed by atoms with E-state index in [1.165, 1.54) is 24.6 Å². The largest absolute Gasteiger partial charge is 0.372 e. The number of rotatable bonds is 4. The lowest BCUT2D eigenvalue weighted by Crippen LogP contribution is -2.27. The van der Waals surface area contributed by atoms with Gasteiger partial charge in [-0.1, -0.05) is 30.3 Å². The normalized spacial score (nSPS) is 18.8. The fraction of sp³-hybridized carbons (Fsp3) is 0.238. The van der Waals surface area contributed by atoms with Gasteiger partial charge in [0.2, 0.25) is 0 Å². The molecule has 2 aromatic rings. The lowest BCUT2D eigenvalue weighted by Gasteiger charge is -2.17. The van der Waals surface area contributed by atoms with Crippen molar-refractivity contribution in [2.75, 3.05) is 18.0 Å². The maximum atomic E-state index is 13.8. The van der Waals surface area contributed by atoms with Gasteiger partial charge in [0.05, 0.1) is 11.4 Å². The first-order valence-electron chi connectivity index (χ1n) is 8.95. The van der Waals surface area contributed by atoms with Crippen LogP contribution in [0.15, 0.2) is 53.4 Å². The Morgan fingerprint density at radius 2 is 1.70 bits per heavy atom. The molecule has 0 unspecified atom stereocenters. The minimum absolute atomic E-state index is 0.0530. The zero-order chi connectivity index (χ0) is 18.8. The molecule has 2 saturated heterocycles. The van der Waals surface area contributed by atoms with Gasteiger partial charge >= 0.3 is 0 Å². The van der Waals surface area contributed by atoms with Crippen molar-refractivity contribution in [3.05, 3.63) is 70.4 Å². The number of carbonyl (C=O) groups is 2. The van der Waals surface area contributed by atoms with Crippen molar-refractivity contribution in [3.8, 4) is 0 Å². The molecule has 2 aliphatic rings. The van der Waals surface area contributed by atoms with Crippen LogP contribution in [0.25, 0.3) is 6.08 Å². The van der Waals surface area contributed by atoms with E-state index >= 15 is 0 Å². The Balaban J connectivity index is 1.50. The highest BCUT2D eigenvalue weighted by molar-refractivity contribution is 8.18. The molecule has 0 atom stereocenters. The average Bonchev–Trinajstić information content (AvgIpc) is 3.29. The van der Waals surface area contributed by atoms with Crippen molar-refractivity contribution in [2.24, 2.45) is 0 Å². The SMILES string of the molecule is O=C1S/C(=C\c2ccc(N3CCCC3)cc2)C(=O)N1Cc1ccccc1F. The molecule has 6 heteroatoms. The molecule has 0 N–H and O–H groups in total. The van der Waals surface area contributed by atoms with E-state index in [0.717, 1.165) is 35.3 Å². The summed E-state index contributed by atoms with van der Waals surface area (Å²) in [6, 6.07) is 14.2. The second-order valence-corrected chi connectivity index (χ2v) is 7.64. The molecule has 0 bridgehead atoms. The van der Waals surface area contributed by atoms with Crippen LogP contribution >= 0.6 is 11.8 Å². The first kappa shape index (κ1) is 17.8. The Hall–Kier alpha value is -2.60. The molecule has 2 heterocycles. The average molecular weight is 382 g/mol. The fourth-order valence-electron chi connectivity index (χ4n) is 3.34. The van der Waals surface area contributed by atoms with E-state index < -0.39 is 5.82 Å². The van der Waals surface area contributed by atoms with Gasteiger partial charge in [-0.15, -0.1) is 0 Å². The van der Waals surface area contributed by atoms with Gasteiger partial charge in [-0.05, 0) is 54.4 Å². The summed E-state index contributed by atoms with van der Waals surface area (Å²) in [6.45, 7) is 2.10. The van der Waals surface area contributed by atoms with Crippen molar-refractivity contribution in [2.45, 2.75) is 19.4 Å². The highest BCUT2D eigenvalue weighted by atomic mass is 32.2. The topological polar surface area (TPSA) is 40.6 Å². The van der Waals surface area contributed by atoms with Crippen molar-refractivity contribution in [1.29, 1.82) is 0 Å². The Bertz CT molecular complexity index is 905. The van der Waals surface area contributed by atoms with Crippen molar-refractivity contribution >= 4 is 34.7 Å². The van der Waals surface area contributed by atoms with Gasteiger partial charge in [-0.2, -0.15) is 0 Å². The first-order chi connectivity index (χ1) is 13.1. The molecule has 2 amide bonds. The van der Waals surface area contributed by atoms with E-state index in [0.29, 0.717) is 10.5 Å². The van der Waals surface area contributed by atoms with Crippen LogP contribution < -0.4 is 4.90 Å². The third-order valence-corrected chi connectivity index (χ3v) is 5.73. The number of carbonyl (C=O) groups excluding carboxylic acids is 2. The summed E-state index contributed by atoms with van der Waals surface area (Å²) >= 11 is 0.897. The standard InChI is InChI=1S/C21H19FN2O2S/c22-18-6-2-1-5-16(18)14-24-20(25)19(27-21(24)26)13-15-7-9-17(10-8-15)23-11-3-4-12-23/h1-2,5-10,13H,3-4,11-12,14H2/b19-13-. The Morgan fingerprint density at radius 3 is 2.41 bits per heavy atom. The van der Waals surface area contributed by atoms with Gasteiger partial charge < -0.3 is 4.90 Å². The number of halogens is 1. The number of thioether (sulfide) groups is 1. The maximum Gasteiger partial charge on any atom is 0.293 e. The Morgan fingerprint density at radius 1 is 1.00 bits per heavy atom. The summed E-state index contributed by atoms with van der Waals surface area (Å²) in [4.78, 5) is 28.6. The van der Waals surface area contributed by atoms with Crippen molar-refractivity contribution in [3.63, 3.8) is 0 Å².